The molecule has 2 aliphatic rings. The maximum atomic E-state index is 13.4. The Labute approximate surface area is 202 Å². The number of methoxy groups -OCH3 is 1. The summed E-state index contributed by atoms with van der Waals surface area (Å²) in [5.74, 6) is 1.16. The largest absolute Gasteiger partial charge is 0.493 e. The number of ketones is 1. The summed E-state index contributed by atoms with van der Waals surface area (Å²) in [4.78, 5) is 26.1. The molecule has 2 atom stereocenters. The van der Waals surface area contributed by atoms with Crippen molar-refractivity contribution in [3.63, 3.8) is 0 Å². The van der Waals surface area contributed by atoms with Crippen molar-refractivity contribution in [2.75, 3.05) is 13.7 Å². The molecular weight excluding hydrogens is 426 g/mol. The van der Waals surface area contributed by atoms with Gasteiger partial charge >= 0.3 is 0 Å². The zero-order valence-electron chi connectivity index (χ0n) is 20.9. The number of ether oxygens (including phenoxy) is 2. The first-order valence-electron chi connectivity index (χ1n) is 12.2. The average Bonchev–Trinajstić information content (AvgIpc) is 2.81. The Bertz CT molecular complexity index is 1110. The van der Waals surface area contributed by atoms with Gasteiger partial charge in [-0.1, -0.05) is 58.0 Å². The van der Waals surface area contributed by atoms with E-state index >= 15 is 0 Å². The molecule has 1 aliphatic heterocycles. The second kappa shape index (κ2) is 9.65. The molecule has 1 N–H and O–H groups in total. The zero-order valence-corrected chi connectivity index (χ0v) is 20.9. The highest BCUT2D eigenvalue weighted by molar-refractivity contribution is 6.02. The van der Waals surface area contributed by atoms with Crippen LogP contribution >= 0.6 is 0 Å². The van der Waals surface area contributed by atoms with Gasteiger partial charge in [0.25, 0.3) is 0 Å². The molecule has 0 saturated carbocycles. The smallest absolute Gasteiger partial charge is 0.225 e. The second-order valence-electron chi connectivity index (χ2n) is 10.4. The van der Waals surface area contributed by atoms with Gasteiger partial charge in [0.1, 0.15) is 0 Å². The Kier molecular flexibility index (Phi) is 6.83. The third-order valence-corrected chi connectivity index (χ3v) is 6.84. The third-order valence-electron chi connectivity index (χ3n) is 6.84. The van der Waals surface area contributed by atoms with E-state index in [1.54, 1.807) is 7.11 Å². The van der Waals surface area contributed by atoms with Crippen LogP contribution in [-0.2, 0) is 15.0 Å². The lowest BCUT2D eigenvalue weighted by molar-refractivity contribution is -0.122. The van der Waals surface area contributed by atoms with Crippen LogP contribution in [0.3, 0.4) is 0 Å². The number of rotatable bonds is 6. The highest BCUT2D eigenvalue weighted by Crippen LogP contribution is 2.44. The number of hydrogen-bond acceptors (Lipinski definition) is 4. The Morgan fingerprint density at radius 2 is 1.65 bits per heavy atom. The minimum absolute atomic E-state index is 0.0504. The number of Topliss-reactive ketones (excluding diaryl/α,β-unsaturated/α-hetero) is 1. The lowest BCUT2D eigenvalue weighted by Crippen LogP contribution is -2.38. The number of nitrogens with one attached hydrogen (secondary N) is 1. The van der Waals surface area contributed by atoms with Crippen molar-refractivity contribution in [3.05, 3.63) is 70.4 Å². The number of carbonyl (C=O) groups excluding carboxylic acids is 2. The maximum absolute atomic E-state index is 13.4. The van der Waals surface area contributed by atoms with E-state index in [0.29, 0.717) is 30.9 Å². The molecule has 5 heteroatoms. The van der Waals surface area contributed by atoms with Crippen LogP contribution in [0, 0.1) is 0 Å². The second-order valence-corrected chi connectivity index (χ2v) is 10.4. The zero-order chi connectivity index (χ0) is 24.5. The Balaban J connectivity index is 1.63. The molecule has 1 heterocycles. The summed E-state index contributed by atoms with van der Waals surface area (Å²) in [6.07, 6.45) is 2.27. The van der Waals surface area contributed by atoms with Gasteiger partial charge in [0, 0.05) is 30.0 Å². The van der Waals surface area contributed by atoms with E-state index in [1.165, 1.54) is 5.56 Å². The van der Waals surface area contributed by atoms with E-state index in [1.807, 2.05) is 18.2 Å². The number of allylic oxidation sites excluding steroid dienone is 2. The van der Waals surface area contributed by atoms with Crippen molar-refractivity contribution in [2.45, 2.75) is 70.6 Å². The molecule has 2 unspecified atom stereocenters. The topological polar surface area (TPSA) is 64.6 Å². The minimum atomic E-state index is -0.269. The van der Waals surface area contributed by atoms with Crippen molar-refractivity contribution in [1.82, 2.24) is 5.32 Å². The molecule has 1 amide bonds. The van der Waals surface area contributed by atoms with E-state index in [0.717, 1.165) is 28.8 Å². The number of amides is 1. The van der Waals surface area contributed by atoms with Gasteiger partial charge in [0.05, 0.1) is 13.7 Å². The predicted octanol–water partition coefficient (Wildman–Crippen LogP) is 5.79. The van der Waals surface area contributed by atoms with Gasteiger partial charge < -0.3 is 14.8 Å². The lowest BCUT2D eigenvalue weighted by Gasteiger charge is -2.34. The van der Waals surface area contributed by atoms with Crippen molar-refractivity contribution in [1.29, 1.82) is 0 Å². The van der Waals surface area contributed by atoms with Gasteiger partial charge in [0.15, 0.2) is 17.3 Å². The van der Waals surface area contributed by atoms with Gasteiger partial charge in [-0.3, -0.25) is 9.59 Å². The van der Waals surface area contributed by atoms with Crippen LogP contribution in [0.1, 0.15) is 81.9 Å². The van der Waals surface area contributed by atoms with Crippen molar-refractivity contribution < 1.29 is 19.1 Å². The summed E-state index contributed by atoms with van der Waals surface area (Å²) >= 11 is 0. The van der Waals surface area contributed by atoms with Crippen molar-refractivity contribution in [3.8, 4) is 11.5 Å². The predicted molar refractivity (Wildman–Crippen MR) is 133 cm³/mol. The minimum Gasteiger partial charge on any atom is -0.493 e. The molecule has 5 nitrogen and oxygen atoms in total. The maximum Gasteiger partial charge on any atom is 0.225 e. The third kappa shape index (κ3) is 4.89. The molecule has 0 aromatic heterocycles. The van der Waals surface area contributed by atoms with Gasteiger partial charge in [-0.25, -0.2) is 0 Å². The summed E-state index contributed by atoms with van der Waals surface area (Å²) in [5.41, 5.74) is 4.91. The first-order valence-corrected chi connectivity index (χ1v) is 12.2. The Hall–Kier alpha value is -3.08. The summed E-state index contributed by atoms with van der Waals surface area (Å²) in [5, 5.41) is 3.02. The molecule has 0 spiro atoms. The molecule has 4 rings (SSSR count). The van der Waals surface area contributed by atoms with Crippen LogP contribution < -0.4 is 14.8 Å². The van der Waals surface area contributed by atoms with Crippen LogP contribution in [0.15, 0.2) is 53.7 Å². The van der Waals surface area contributed by atoms with Gasteiger partial charge in [-0.05, 0) is 53.0 Å². The summed E-state index contributed by atoms with van der Waals surface area (Å²) in [6.45, 7) is 9.24. The Morgan fingerprint density at radius 1 is 0.941 bits per heavy atom. The van der Waals surface area contributed by atoms with E-state index in [9.17, 15) is 9.59 Å². The standard InChI is InChI=1S/C29H35NO4/c1-6-13-34-25-12-9-19(16-26(25)33-5)22-17-27(32)30-23-14-20(15-24(31)28(22)23)18-7-10-21(11-8-18)29(2,3)4/h7-12,16,20,22H,6,13-15,17H2,1-5H3,(H,30,32). The van der Waals surface area contributed by atoms with Crippen molar-refractivity contribution in [2.24, 2.45) is 0 Å². The molecule has 0 fully saturated rings. The van der Waals surface area contributed by atoms with Gasteiger partial charge in [-0.2, -0.15) is 0 Å². The van der Waals surface area contributed by atoms with E-state index in [2.05, 4.69) is 57.3 Å². The molecule has 0 bridgehead atoms. The highest BCUT2D eigenvalue weighted by Gasteiger charge is 2.38. The molecule has 0 saturated heterocycles. The monoisotopic (exact) mass is 461 g/mol. The average molecular weight is 462 g/mol. The fourth-order valence-corrected chi connectivity index (χ4v) is 4.97. The van der Waals surface area contributed by atoms with Gasteiger partial charge in [-0.15, -0.1) is 0 Å². The first-order chi connectivity index (χ1) is 16.2. The van der Waals surface area contributed by atoms with E-state index in [-0.39, 0.29) is 35.4 Å². The first kappa shape index (κ1) is 24.1. The van der Waals surface area contributed by atoms with Crippen molar-refractivity contribution >= 4 is 11.7 Å². The molecule has 180 valence electrons. The van der Waals surface area contributed by atoms with Crippen LogP contribution in [0.5, 0.6) is 11.5 Å². The Morgan fingerprint density at radius 3 is 2.29 bits per heavy atom. The van der Waals surface area contributed by atoms with Crippen LogP contribution in [0.25, 0.3) is 0 Å². The summed E-state index contributed by atoms with van der Waals surface area (Å²) < 4.78 is 11.3. The molecular formula is C29H35NO4. The van der Waals surface area contributed by atoms with Crippen LogP contribution in [-0.4, -0.2) is 25.4 Å². The molecule has 1 aliphatic carbocycles. The van der Waals surface area contributed by atoms with E-state index in [4.69, 9.17) is 9.47 Å². The fraction of sp³-hybridized carbons (Fsp3) is 0.448. The normalized spacial score (nSPS) is 20.6. The van der Waals surface area contributed by atoms with Crippen LogP contribution in [0.2, 0.25) is 0 Å². The molecule has 2 aromatic carbocycles. The van der Waals surface area contributed by atoms with Crippen LogP contribution in [0.4, 0.5) is 0 Å². The number of hydrogen-bond donors (Lipinski definition) is 1. The SMILES string of the molecule is CCCOc1ccc(C2CC(=O)NC3=C2C(=O)CC(c2ccc(C(C)(C)C)cc2)C3)cc1OC. The number of benzene rings is 2. The molecule has 0 radical (unpaired) electrons. The highest BCUT2D eigenvalue weighted by atomic mass is 16.5. The summed E-state index contributed by atoms with van der Waals surface area (Å²) in [7, 11) is 1.61. The fourth-order valence-electron chi connectivity index (χ4n) is 4.97. The summed E-state index contributed by atoms with van der Waals surface area (Å²) in [6, 6.07) is 14.3. The molecule has 34 heavy (non-hydrogen) atoms. The van der Waals surface area contributed by atoms with Gasteiger partial charge in [0.2, 0.25) is 5.91 Å². The molecule has 2 aromatic rings. The quantitative estimate of drug-likeness (QED) is 0.592. The lowest BCUT2D eigenvalue weighted by atomic mass is 9.73. The van der Waals surface area contributed by atoms with E-state index < -0.39 is 0 Å². The number of carbonyl (C=O) groups is 2.